The van der Waals surface area contributed by atoms with Gasteiger partial charge in [0.2, 0.25) is 5.91 Å². The van der Waals surface area contributed by atoms with Crippen LogP contribution in [0.5, 0.6) is 0 Å². The molecule has 0 spiro atoms. The molecule has 0 bridgehead atoms. The number of hydrogen-bond acceptors (Lipinski definition) is 5. The maximum absolute atomic E-state index is 14.0. The highest BCUT2D eigenvalue weighted by atomic mass is 32.2. The van der Waals surface area contributed by atoms with Gasteiger partial charge in [0, 0.05) is 61.5 Å². The van der Waals surface area contributed by atoms with Crippen LogP contribution in [0.3, 0.4) is 0 Å². The second kappa shape index (κ2) is 11.8. The van der Waals surface area contributed by atoms with Crippen LogP contribution in [0, 0.1) is 5.82 Å². The van der Waals surface area contributed by atoms with Gasteiger partial charge in [-0.1, -0.05) is 18.2 Å². The molecule has 1 aromatic heterocycles. The second-order valence-corrected chi connectivity index (χ2v) is 10.4. The number of aryl methyl sites for hydroxylation is 1. The van der Waals surface area contributed by atoms with Crippen LogP contribution in [-0.4, -0.2) is 64.8 Å². The van der Waals surface area contributed by atoms with Gasteiger partial charge in [-0.3, -0.25) is 19.4 Å². The number of thioether (sulfide) groups is 1. The predicted octanol–water partition coefficient (Wildman–Crippen LogP) is 3.58. The molecular weight excluding hydrogens is 463 g/mol. The highest BCUT2D eigenvalue weighted by molar-refractivity contribution is 7.99. The molecule has 0 unspecified atom stereocenters. The molecule has 35 heavy (non-hydrogen) atoms. The summed E-state index contributed by atoms with van der Waals surface area (Å²) in [6.45, 7) is 8.52. The molecule has 0 atom stereocenters. The molecule has 4 rings (SSSR count). The van der Waals surface area contributed by atoms with E-state index in [9.17, 15) is 14.0 Å². The molecule has 2 aromatic carbocycles. The van der Waals surface area contributed by atoms with E-state index < -0.39 is 0 Å². The molecule has 1 amide bonds. The topological polar surface area (TPSA) is 57.6 Å². The Labute approximate surface area is 210 Å². The molecular formula is C27H33FN4O2S. The molecule has 0 aliphatic carbocycles. The smallest absolute Gasteiger partial charge is 0.255 e. The number of benzene rings is 2. The van der Waals surface area contributed by atoms with E-state index in [1.54, 1.807) is 22.4 Å². The number of pyridine rings is 1. The summed E-state index contributed by atoms with van der Waals surface area (Å²) in [6.07, 6.45) is 0. The number of fused-ring (bicyclic) bond motifs is 1. The Bertz CT molecular complexity index is 1210. The molecule has 186 valence electrons. The fourth-order valence-corrected chi connectivity index (χ4v) is 5.29. The minimum absolute atomic E-state index is 0.0477. The van der Waals surface area contributed by atoms with Gasteiger partial charge in [0.05, 0.1) is 12.1 Å². The highest BCUT2D eigenvalue weighted by Crippen LogP contribution is 2.20. The largest absolute Gasteiger partial charge is 0.353 e. The van der Waals surface area contributed by atoms with E-state index in [-0.39, 0.29) is 23.3 Å². The van der Waals surface area contributed by atoms with E-state index in [1.165, 1.54) is 12.1 Å². The van der Waals surface area contributed by atoms with Crippen LogP contribution in [0.15, 0.2) is 64.3 Å². The van der Waals surface area contributed by atoms with Crippen molar-refractivity contribution in [1.82, 2.24) is 19.7 Å². The van der Waals surface area contributed by atoms with Gasteiger partial charge < -0.3 is 9.88 Å². The summed E-state index contributed by atoms with van der Waals surface area (Å²) in [4.78, 5) is 31.1. The molecule has 1 N–H and O–H groups in total. The summed E-state index contributed by atoms with van der Waals surface area (Å²) in [5, 5.41) is 3.81. The van der Waals surface area contributed by atoms with E-state index in [1.807, 2.05) is 50.2 Å². The molecule has 1 fully saturated rings. The van der Waals surface area contributed by atoms with E-state index in [4.69, 9.17) is 0 Å². The van der Waals surface area contributed by atoms with Crippen LogP contribution in [0.4, 0.5) is 4.39 Å². The first-order valence-electron chi connectivity index (χ1n) is 12.1. The lowest BCUT2D eigenvalue weighted by Gasteiger charge is -2.34. The maximum atomic E-state index is 14.0. The minimum atomic E-state index is -0.341. The van der Waals surface area contributed by atoms with Gasteiger partial charge in [0.25, 0.3) is 5.56 Å². The fourth-order valence-electron chi connectivity index (χ4n) is 4.43. The predicted molar refractivity (Wildman–Crippen MR) is 140 cm³/mol. The van der Waals surface area contributed by atoms with Gasteiger partial charge in [-0.05, 0) is 55.6 Å². The zero-order valence-corrected chi connectivity index (χ0v) is 21.2. The number of nitrogens with one attached hydrogen (secondary N) is 1. The van der Waals surface area contributed by atoms with Crippen LogP contribution >= 0.6 is 11.8 Å². The average molecular weight is 497 g/mol. The van der Waals surface area contributed by atoms with E-state index >= 15 is 0 Å². The third kappa shape index (κ3) is 6.93. The second-order valence-electron chi connectivity index (χ2n) is 9.27. The van der Waals surface area contributed by atoms with Crippen LogP contribution in [0.2, 0.25) is 0 Å². The van der Waals surface area contributed by atoms with Gasteiger partial charge in [-0.25, -0.2) is 4.39 Å². The number of rotatable bonds is 9. The van der Waals surface area contributed by atoms with Crippen molar-refractivity contribution in [3.05, 3.63) is 76.3 Å². The SMILES string of the molecule is CC(C)NC(=O)CN1CCN(Cc2cc3ccc(F)cc3n(CCSc3ccccc3)c2=O)CC1. The lowest BCUT2D eigenvalue weighted by molar-refractivity contribution is -0.123. The van der Waals surface area contributed by atoms with Gasteiger partial charge in [-0.15, -0.1) is 11.8 Å². The number of amides is 1. The third-order valence-electron chi connectivity index (χ3n) is 6.14. The van der Waals surface area contributed by atoms with Crippen molar-refractivity contribution < 1.29 is 9.18 Å². The molecule has 6 nitrogen and oxygen atoms in total. The number of hydrogen-bond donors (Lipinski definition) is 1. The normalized spacial score (nSPS) is 15.1. The quantitative estimate of drug-likeness (QED) is 0.459. The molecule has 1 aliphatic rings. The van der Waals surface area contributed by atoms with Crippen LogP contribution in [0.1, 0.15) is 19.4 Å². The highest BCUT2D eigenvalue weighted by Gasteiger charge is 2.21. The van der Waals surface area contributed by atoms with Crippen molar-refractivity contribution >= 4 is 28.6 Å². The molecule has 0 radical (unpaired) electrons. The number of nitrogens with zero attached hydrogens (tertiary/aromatic N) is 3. The Morgan fingerprint density at radius 1 is 1.03 bits per heavy atom. The standard InChI is InChI=1S/C27H33FN4O2S/c1-20(2)29-26(33)19-31-12-10-30(11-13-31)18-22-16-21-8-9-23(28)17-25(21)32(27(22)34)14-15-35-24-6-4-3-5-7-24/h3-9,16-17,20H,10-15,18-19H2,1-2H3,(H,29,33). The zero-order chi connectivity index (χ0) is 24.8. The summed E-state index contributed by atoms with van der Waals surface area (Å²) >= 11 is 1.68. The summed E-state index contributed by atoms with van der Waals surface area (Å²) in [5.74, 6) is 0.425. The summed E-state index contributed by atoms with van der Waals surface area (Å²) in [7, 11) is 0. The average Bonchev–Trinajstić information content (AvgIpc) is 2.83. The third-order valence-corrected chi connectivity index (χ3v) is 7.13. The van der Waals surface area contributed by atoms with Crippen LogP contribution in [0.25, 0.3) is 10.9 Å². The van der Waals surface area contributed by atoms with Crippen molar-refractivity contribution in [3.63, 3.8) is 0 Å². The Morgan fingerprint density at radius 3 is 2.46 bits per heavy atom. The zero-order valence-electron chi connectivity index (χ0n) is 20.4. The number of piperazine rings is 1. The van der Waals surface area contributed by atoms with Crippen molar-refractivity contribution in [2.24, 2.45) is 0 Å². The minimum Gasteiger partial charge on any atom is -0.353 e. The summed E-state index contributed by atoms with van der Waals surface area (Å²) in [6, 6.07) is 16.8. The monoisotopic (exact) mass is 496 g/mol. The number of halogens is 1. The molecule has 1 saturated heterocycles. The van der Waals surface area contributed by atoms with E-state index in [0.29, 0.717) is 25.2 Å². The van der Waals surface area contributed by atoms with Crippen molar-refractivity contribution in [3.8, 4) is 0 Å². The Kier molecular flexibility index (Phi) is 8.59. The summed E-state index contributed by atoms with van der Waals surface area (Å²) < 4.78 is 15.8. The first-order chi connectivity index (χ1) is 16.9. The lowest BCUT2D eigenvalue weighted by atomic mass is 10.1. The van der Waals surface area contributed by atoms with Crippen LogP contribution < -0.4 is 10.9 Å². The van der Waals surface area contributed by atoms with Gasteiger partial charge in [0.1, 0.15) is 5.82 Å². The number of carbonyl (C=O) groups excluding carboxylic acids is 1. The van der Waals surface area contributed by atoms with Crippen molar-refractivity contribution in [1.29, 1.82) is 0 Å². The summed E-state index contributed by atoms with van der Waals surface area (Å²) in [5.41, 5.74) is 1.30. The Hall–Kier alpha value is -2.68. The molecule has 2 heterocycles. The Morgan fingerprint density at radius 2 is 1.74 bits per heavy atom. The van der Waals surface area contributed by atoms with Crippen molar-refractivity contribution in [2.45, 2.75) is 37.9 Å². The van der Waals surface area contributed by atoms with Crippen molar-refractivity contribution in [2.75, 3.05) is 38.5 Å². The molecule has 8 heteroatoms. The number of carbonyl (C=O) groups is 1. The maximum Gasteiger partial charge on any atom is 0.255 e. The Balaban J connectivity index is 1.45. The molecule has 0 saturated carbocycles. The van der Waals surface area contributed by atoms with Gasteiger partial charge >= 0.3 is 0 Å². The van der Waals surface area contributed by atoms with E-state index in [2.05, 4.69) is 15.1 Å². The lowest BCUT2D eigenvalue weighted by Crippen LogP contribution is -2.50. The van der Waals surface area contributed by atoms with Gasteiger partial charge in [-0.2, -0.15) is 0 Å². The first kappa shape index (κ1) is 25.4. The van der Waals surface area contributed by atoms with Gasteiger partial charge in [0.15, 0.2) is 0 Å². The van der Waals surface area contributed by atoms with E-state index in [0.717, 1.165) is 47.8 Å². The number of aromatic nitrogens is 1. The molecule has 1 aliphatic heterocycles. The molecule has 3 aromatic rings. The first-order valence-corrected chi connectivity index (χ1v) is 13.1. The van der Waals surface area contributed by atoms with Crippen LogP contribution in [-0.2, 0) is 17.9 Å². The fraction of sp³-hybridized carbons (Fsp3) is 0.407.